The number of imide groups is 1. The summed E-state index contributed by atoms with van der Waals surface area (Å²) in [4.78, 5) is 35.3. The molecule has 0 aliphatic carbocycles. The van der Waals surface area contributed by atoms with E-state index in [1.165, 1.54) is 4.90 Å². The summed E-state index contributed by atoms with van der Waals surface area (Å²) < 4.78 is 1.78. The average molecular weight is 400 g/mol. The lowest BCUT2D eigenvalue weighted by molar-refractivity contribution is -0.120. The number of carbonyl (C=O) groups excluding carboxylic acids is 2. The molecule has 0 spiro atoms. The van der Waals surface area contributed by atoms with Gasteiger partial charge in [0.1, 0.15) is 5.69 Å². The fourth-order valence-corrected chi connectivity index (χ4v) is 3.13. The number of aryl methyl sites for hydroxylation is 1. The first-order valence-electron chi connectivity index (χ1n) is 9.61. The topological polar surface area (TPSA) is 129 Å². The largest absolute Gasteiger partial charge is 0.465 e. The quantitative estimate of drug-likeness (QED) is 0.554. The van der Waals surface area contributed by atoms with E-state index in [0.717, 1.165) is 37.8 Å². The summed E-state index contributed by atoms with van der Waals surface area (Å²) in [7, 11) is 0. The second-order valence-corrected chi connectivity index (χ2v) is 6.82. The van der Waals surface area contributed by atoms with Crippen molar-refractivity contribution in [3.63, 3.8) is 0 Å². The monoisotopic (exact) mass is 400 g/mol. The number of hydrogen-bond donors (Lipinski definition) is 3. The van der Waals surface area contributed by atoms with Gasteiger partial charge in [-0.1, -0.05) is 30.2 Å². The maximum absolute atomic E-state index is 12.0. The summed E-state index contributed by atoms with van der Waals surface area (Å²) in [6.45, 7) is 1.56. The third-order valence-corrected chi connectivity index (χ3v) is 4.64. The zero-order valence-electron chi connectivity index (χ0n) is 16.0. The van der Waals surface area contributed by atoms with E-state index in [9.17, 15) is 14.4 Å². The Morgan fingerprint density at radius 2 is 2.03 bits per heavy atom. The lowest BCUT2D eigenvalue weighted by Gasteiger charge is -2.26. The maximum Gasteiger partial charge on any atom is 0.404 e. The van der Waals surface area contributed by atoms with Crippen molar-refractivity contribution in [1.29, 1.82) is 0 Å². The number of rotatable bonds is 9. The van der Waals surface area contributed by atoms with Gasteiger partial charge in [0.15, 0.2) is 0 Å². The molecule has 1 aliphatic rings. The Kier molecular flexibility index (Phi) is 6.77. The van der Waals surface area contributed by atoms with Crippen LogP contribution in [-0.4, -0.2) is 51.2 Å². The number of aromatic nitrogens is 3. The number of urea groups is 1. The number of nitrogens with one attached hydrogen (secondary N) is 2. The van der Waals surface area contributed by atoms with Gasteiger partial charge in [-0.2, -0.15) is 0 Å². The van der Waals surface area contributed by atoms with Gasteiger partial charge in [-0.05, 0) is 25.0 Å². The lowest BCUT2D eigenvalue weighted by atomic mass is 10.1. The van der Waals surface area contributed by atoms with Crippen LogP contribution in [0.2, 0.25) is 0 Å². The Bertz CT molecular complexity index is 881. The second-order valence-electron chi connectivity index (χ2n) is 6.82. The van der Waals surface area contributed by atoms with Crippen LogP contribution in [0, 0.1) is 0 Å². The standard InChI is InChI=1S/C19H24N6O4/c26-17-8-11-25(18(27)21-17)15-7-5-6-14(12-15)16-13-24(23-22-16)10-4-2-1-3-9-20-19(28)29/h5-7,12-13,20H,1-4,8-11H2,(H,28,29)(H,21,26,27). The zero-order valence-corrected chi connectivity index (χ0v) is 16.0. The number of unbranched alkanes of at least 4 members (excludes halogenated alkanes) is 3. The Labute approximate surface area is 167 Å². The normalized spacial score (nSPS) is 14.0. The van der Waals surface area contributed by atoms with Gasteiger partial charge in [0.05, 0.1) is 6.20 Å². The minimum Gasteiger partial charge on any atom is -0.465 e. The van der Waals surface area contributed by atoms with Crippen molar-refractivity contribution in [2.75, 3.05) is 18.0 Å². The van der Waals surface area contributed by atoms with Gasteiger partial charge in [-0.15, -0.1) is 5.10 Å². The van der Waals surface area contributed by atoms with Crippen molar-refractivity contribution in [2.45, 2.75) is 38.6 Å². The summed E-state index contributed by atoms with van der Waals surface area (Å²) in [6.07, 6.45) is 4.83. The van der Waals surface area contributed by atoms with E-state index in [1.807, 2.05) is 30.5 Å². The van der Waals surface area contributed by atoms with Crippen molar-refractivity contribution in [3.8, 4) is 11.3 Å². The van der Waals surface area contributed by atoms with E-state index in [1.54, 1.807) is 4.68 Å². The van der Waals surface area contributed by atoms with Crippen LogP contribution in [0.5, 0.6) is 0 Å². The fourth-order valence-electron chi connectivity index (χ4n) is 3.13. The summed E-state index contributed by atoms with van der Waals surface area (Å²) in [5.74, 6) is -0.261. The van der Waals surface area contributed by atoms with Crippen LogP contribution >= 0.6 is 0 Å². The molecule has 0 unspecified atom stereocenters. The SMILES string of the molecule is O=C(O)NCCCCCCn1cc(-c2cccc(N3CCC(=O)NC3=O)c2)nn1. The molecule has 1 aromatic carbocycles. The highest BCUT2D eigenvalue weighted by Crippen LogP contribution is 2.24. The van der Waals surface area contributed by atoms with Gasteiger partial charge in [0.25, 0.3) is 0 Å². The summed E-state index contributed by atoms with van der Waals surface area (Å²) in [5, 5.41) is 21.6. The molecule has 0 bridgehead atoms. The Balaban J connectivity index is 1.52. The molecule has 1 saturated heterocycles. The molecule has 29 heavy (non-hydrogen) atoms. The van der Waals surface area contributed by atoms with Crippen LogP contribution in [0.1, 0.15) is 32.1 Å². The van der Waals surface area contributed by atoms with Gasteiger partial charge in [-0.25, -0.2) is 9.59 Å². The van der Waals surface area contributed by atoms with E-state index in [2.05, 4.69) is 20.9 Å². The van der Waals surface area contributed by atoms with Gasteiger partial charge in [0.2, 0.25) is 5.91 Å². The van der Waals surface area contributed by atoms with Crippen LogP contribution < -0.4 is 15.5 Å². The molecule has 0 saturated carbocycles. The van der Waals surface area contributed by atoms with E-state index in [-0.39, 0.29) is 12.3 Å². The molecule has 0 radical (unpaired) electrons. The predicted molar refractivity (Wildman–Crippen MR) is 105 cm³/mol. The molecule has 10 nitrogen and oxygen atoms in total. The maximum atomic E-state index is 12.0. The number of hydrogen-bond acceptors (Lipinski definition) is 5. The molecule has 154 valence electrons. The van der Waals surface area contributed by atoms with E-state index in [4.69, 9.17) is 5.11 Å². The molecular formula is C19H24N6O4. The molecule has 10 heteroatoms. The number of carbonyl (C=O) groups is 3. The molecule has 2 heterocycles. The molecule has 1 aromatic heterocycles. The van der Waals surface area contributed by atoms with Crippen molar-refractivity contribution in [2.24, 2.45) is 0 Å². The summed E-state index contributed by atoms with van der Waals surface area (Å²) in [6, 6.07) is 7.02. The summed E-state index contributed by atoms with van der Waals surface area (Å²) >= 11 is 0. The van der Waals surface area contributed by atoms with Gasteiger partial charge in [-0.3, -0.25) is 19.7 Å². The number of carboxylic acid groups (broad SMARTS) is 1. The number of amides is 4. The van der Waals surface area contributed by atoms with Gasteiger partial charge < -0.3 is 10.4 Å². The highest BCUT2D eigenvalue weighted by atomic mass is 16.4. The van der Waals surface area contributed by atoms with Crippen LogP contribution in [0.15, 0.2) is 30.5 Å². The first kappa shape index (κ1) is 20.3. The van der Waals surface area contributed by atoms with Crippen LogP contribution in [0.3, 0.4) is 0 Å². The zero-order chi connectivity index (χ0) is 20.6. The summed E-state index contributed by atoms with van der Waals surface area (Å²) in [5.41, 5.74) is 2.27. The minimum absolute atomic E-state index is 0.261. The van der Waals surface area contributed by atoms with Crippen molar-refractivity contribution >= 4 is 23.7 Å². The molecule has 2 aromatic rings. The smallest absolute Gasteiger partial charge is 0.404 e. The van der Waals surface area contributed by atoms with Gasteiger partial charge >= 0.3 is 12.1 Å². The third kappa shape index (κ3) is 5.77. The molecule has 3 rings (SSSR count). The molecular weight excluding hydrogens is 376 g/mol. The number of benzene rings is 1. The second kappa shape index (κ2) is 9.67. The van der Waals surface area contributed by atoms with E-state index in [0.29, 0.717) is 24.5 Å². The van der Waals surface area contributed by atoms with Crippen molar-refractivity contribution in [3.05, 3.63) is 30.5 Å². The molecule has 3 N–H and O–H groups in total. The van der Waals surface area contributed by atoms with E-state index < -0.39 is 12.1 Å². The highest BCUT2D eigenvalue weighted by Gasteiger charge is 2.24. The Hall–Kier alpha value is -3.43. The van der Waals surface area contributed by atoms with Crippen LogP contribution in [-0.2, 0) is 11.3 Å². The molecule has 4 amide bonds. The Morgan fingerprint density at radius 1 is 1.21 bits per heavy atom. The first-order valence-corrected chi connectivity index (χ1v) is 9.61. The third-order valence-electron chi connectivity index (χ3n) is 4.64. The molecule has 1 aliphatic heterocycles. The number of anilines is 1. The predicted octanol–water partition coefficient (Wildman–Crippen LogP) is 2.22. The fraction of sp³-hybridized carbons (Fsp3) is 0.421. The first-order chi connectivity index (χ1) is 14.0. The van der Waals surface area contributed by atoms with Crippen molar-refractivity contribution < 1.29 is 19.5 Å². The van der Waals surface area contributed by atoms with Gasteiger partial charge in [0, 0.05) is 37.3 Å². The number of nitrogens with zero attached hydrogens (tertiary/aromatic N) is 4. The molecule has 1 fully saturated rings. The molecule has 0 atom stereocenters. The van der Waals surface area contributed by atoms with Crippen molar-refractivity contribution in [1.82, 2.24) is 25.6 Å². The van der Waals surface area contributed by atoms with Crippen LogP contribution in [0.4, 0.5) is 15.3 Å². The highest BCUT2D eigenvalue weighted by molar-refractivity contribution is 6.05. The van der Waals surface area contributed by atoms with E-state index >= 15 is 0 Å². The minimum atomic E-state index is -0.987. The lowest BCUT2D eigenvalue weighted by Crippen LogP contribution is -2.49. The Morgan fingerprint density at radius 3 is 2.83 bits per heavy atom. The average Bonchev–Trinajstić information content (AvgIpc) is 3.16. The van der Waals surface area contributed by atoms with Crippen LogP contribution in [0.25, 0.3) is 11.3 Å².